The summed E-state index contributed by atoms with van der Waals surface area (Å²) in [5.41, 5.74) is 3.45. The second kappa shape index (κ2) is 6.93. The van der Waals surface area contributed by atoms with Crippen LogP contribution in [0.25, 0.3) is 10.8 Å². The van der Waals surface area contributed by atoms with Crippen LogP contribution in [0.5, 0.6) is 0 Å². The van der Waals surface area contributed by atoms with Gasteiger partial charge in [0.15, 0.2) is 0 Å². The Morgan fingerprint density at radius 1 is 1.00 bits per heavy atom. The topological polar surface area (TPSA) is 54.0 Å². The summed E-state index contributed by atoms with van der Waals surface area (Å²) in [4.78, 5) is 16.4. The molecular weight excluding hydrogens is 310 g/mol. The van der Waals surface area contributed by atoms with Crippen molar-refractivity contribution in [1.82, 2.24) is 15.6 Å². The van der Waals surface area contributed by atoms with E-state index in [1.54, 1.807) is 0 Å². The summed E-state index contributed by atoms with van der Waals surface area (Å²) >= 11 is 0. The lowest BCUT2D eigenvalue weighted by Gasteiger charge is -2.10. The standard InChI is InChI=1S/C21H21N3O/c25-21(23-12-15-10-19(13-22-11-15)16-8-9-16)24-14-18-6-3-5-17-4-1-2-7-20(17)18/h1-7,10-11,13,16H,8-9,12,14H2,(H2,23,24,25). The van der Waals surface area contributed by atoms with Crippen molar-refractivity contribution < 1.29 is 4.79 Å². The first-order valence-electron chi connectivity index (χ1n) is 8.72. The third-order valence-corrected chi connectivity index (χ3v) is 4.64. The fraction of sp³-hybridized carbons (Fsp3) is 0.238. The molecule has 2 aromatic carbocycles. The van der Waals surface area contributed by atoms with Crippen molar-refractivity contribution in [3.63, 3.8) is 0 Å². The molecule has 0 aliphatic heterocycles. The summed E-state index contributed by atoms with van der Waals surface area (Å²) in [5, 5.41) is 8.21. The van der Waals surface area contributed by atoms with Gasteiger partial charge in [-0.25, -0.2) is 4.79 Å². The van der Waals surface area contributed by atoms with E-state index in [2.05, 4.69) is 39.9 Å². The highest BCUT2D eigenvalue weighted by atomic mass is 16.2. The molecule has 0 atom stereocenters. The van der Waals surface area contributed by atoms with Gasteiger partial charge in [-0.15, -0.1) is 0 Å². The molecule has 4 heteroatoms. The maximum absolute atomic E-state index is 12.1. The highest BCUT2D eigenvalue weighted by molar-refractivity contribution is 5.86. The first-order valence-corrected chi connectivity index (χ1v) is 8.72. The lowest BCUT2D eigenvalue weighted by molar-refractivity contribution is 0.240. The molecule has 126 valence electrons. The molecule has 4 nitrogen and oxygen atoms in total. The van der Waals surface area contributed by atoms with Crippen LogP contribution in [-0.4, -0.2) is 11.0 Å². The van der Waals surface area contributed by atoms with Crippen LogP contribution in [0.15, 0.2) is 60.9 Å². The predicted molar refractivity (Wildman–Crippen MR) is 99.2 cm³/mol. The summed E-state index contributed by atoms with van der Waals surface area (Å²) in [6.07, 6.45) is 6.26. The van der Waals surface area contributed by atoms with Crippen LogP contribution in [-0.2, 0) is 13.1 Å². The molecule has 1 aromatic heterocycles. The van der Waals surface area contributed by atoms with Crippen molar-refractivity contribution in [2.75, 3.05) is 0 Å². The van der Waals surface area contributed by atoms with Crippen molar-refractivity contribution in [1.29, 1.82) is 0 Å². The number of hydrogen-bond donors (Lipinski definition) is 2. The zero-order valence-corrected chi connectivity index (χ0v) is 14.0. The number of aromatic nitrogens is 1. The van der Waals surface area contributed by atoms with Gasteiger partial charge in [-0.2, -0.15) is 0 Å². The maximum atomic E-state index is 12.1. The first kappa shape index (κ1) is 15.6. The molecule has 4 rings (SSSR count). The Hall–Kier alpha value is -2.88. The number of carbonyl (C=O) groups excluding carboxylic acids is 1. The number of nitrogens with one attached hydrogen (secondary N) is 2. The van der Waals surface area contributed by atoms with Gasteiger partial charge in [0.1, 0.15) is 0 Å². The minimum Gasteiger partial charge on any atom is -0.334 e. The Bertz CT molecular complexity index is 897. The number of urea groups is 1. The van der Waals surface area contributed by atoms with Gasteiger partial charge in [0.2, 0.25) is 0 Å². The highest BCUT2D eigenvalue weighted by Crippen LogP contribution is 2.39. The molecule has 1 fully saturated rings. The van der Waals surface area contributed by atoms with E-state index < -0.39 is 0 Å². The van der Waals surface area contributed by atoms with E-state index in [1.807, 2.05) is 36.7 Å². The number of carbonyl (C=O) groups is 1. The number of nitrogens with zero attached hydrogens (tertiary/aromatic N) is 1. The van der Waals surface area contributed by atoms with Crippen LogP contribution < -0.4 is 10.6 Å². The number of pyridine rings is 1. The number of hydrogen-bond acceptors (Lipinski definition) is 2. The van der Waals surface area contributed by atoms with E-state index in [0.717, 1.165) is 11.1 Å². The maximum Gasteiger partial charge on any atom is 0.315 e. The molecule has 2 amide bonds. The van der Waals surface area contributed by atoms with Crippen LogP contribution in [0.1, 0.15) is 35.4 Å². The normalized spacial score (nSPS) is 13.6. The molecular formula is C21H21N3O. The lowest BCUT2D eigenvalue weighted by atomic mass is 10.0. The quantitative estimate of drug-likeness (QED) is 0.739. The summed E-state index contributed by atoms with van der Waals surface area (Å²) in [6, 6.07) is 16.3. The van der Waals surface area contributed by atoms with E-state index >= 15 is 0 Å². The van der Waals surface area contributed by atoms with Crippen LogP contribution >= 0.6 is 0 Å². The van der Waals surface area contributed by atoms with E-state index in [9.17, 15) is 4.79 Å². The third kappa shape index (κ3) is 3.79. The monoisotopic (exact) mass is 331 g/mol. The molecule has 0 radical (unpaired) electrons. The molecule has 0 saturated heterocycles. The van der Waals surface area contributed by atoms with Gasteiger partial charge in [-0.05, 0) is 46.2 Å². The van der Waals surface area contributed by atoms with Crippen molar-refractivity contribution in [2.24, 2.45) is 0 Å². The summed E-state index contributed by atoms with van der Waals surface area (Å²) in [6.45, 7) is 1.00. The van der Waals surface area contributed by atoms with Crippen molar-refractivity contribution >= 4 is 16.8 Å². The fourth-order valence-electron chi connectivity index (χ4n) is 3.11. The van der Waals surface area contributed by atoms with E-state index in [4.69, 9.17) is 0 Å². The van der Waals surface area contributed by atoms with E-state index in [1.165, 1.54) is 29.2 Å². The average Bonchev–Trinajstić information content (AvgIpc) is 3.50. The second-order valence-electron chi connectivity index (χ2n) is 6.58. The number of fused-ring (bicyclic) bond motifs is 1. The van der Waals surface area contributed by atoms with Crippen molar-refractivity contribution in [3.05, 3.63) is 77.6 Å². The van der Waals surface area contributed by atoms with Crippen LogP contribution in [0.2, 0.25) is 0 Å². The van der Waals surface area contributed by atoms with Gasteiger partial charge in [-0.1, -0.05) is 48.5 Å². The summed E-state index contributed by atoms with van der Waals surface area (Å²) in [5.74, 6) is 0.674. The average molecular weight is 331 g/mol. The molecule has 1 saturated carbocycles. The van der Waals surface area contributed by atoms with Gasteiger partial charge in [-0.3, -0.25) is 4.98 Å². The highest BCUT2D eigenvalue weighted by Gasteiger charge is 2.23. The van der Waals surface area contributed by atoms with Gasteiger partial charge in [0, 0.05) is 25.5 Å². The zero-order valence-electron chi connectivity index (χ0n) is 14.0. The fourth-order valence-corrected chi connectivity index (χ4v) is 3.11. The minimum absolute atomic E-state index is 0.162. The van der Waals surface area contributed by atoms with E-state index in [0.29, 0.717) is 19.0 Å². The smallest absolute Gasteiger partial charge is 0.315 e. The Morgan fingerprint density at radius 2 is 1.80 bits per heavy atom. The predicted octanol–water partition coefficient (Wildman–Crippen LogP) is 4.11. The molecule has 25 heavy (non-hydrogen) atoms. The van der Waals surface area contributed by atoms with Crippen LogP contribution in [0, 0.1) is 0 Å². The SMILES string of the molecule is O=C(NCc1cncc(C2CC2)c1)NCc1cccc2ccccc12. The van der Waals surface area contributed by atoms with Crippen molar-refractivity contribution in [2.45, 2.75) is 31.8 Å². The van der Waals surface area contributed by atoms with E-state index in [-0.39, 0.29) is 6.03 Å². The Balaban J connectivity index is 1.34. The Morgan fingerprint density at radius 3 is 2.68 bits per heavy atom. The van der Waals surface area contributed by atoms with Gasteiger partial charge < -0.3 is 10.6 Å². The second-order valence-corrected chi connectivity index (χ2v) is 6.58. The first-order chi connectivity index (χ1) is 12.3. The molecule has 0 bridgehead atoms. The summed E-state index contributed by atoms with van der Waals surface area (Å²) < 4.78 is 0. The molecule has 1 heterocycles. The lowest BCUT2D eigenvalue weighted by Crippen LogP contribution is -2.34. The molecule has 0 spiro atoms. The van der Waals surface area contributed by atoms with Crippen molar-refractivity contribution in [3.8, 4) is 0 Å². The van der Waals surface area contributed by atoms with Crippen LogP contribution in [0.4, 0.5) is 4.79 Å². The minimum atomic E-state index is -0.162. The number of rotatable bonds is 5. The molecule has 1 aliphatic rings. The summed E-state index contributed by atoms with van der Waals surface area (Å²) in [7, 11) is 0. The van der Waals surface area contributed by atoms with Gasteiger partial charge in [0.05, 0.1) is 0 Å². The Kier molecular flexibility index (Phi) is 4.34. The molecule has 2 N–H and O–H groups in total. The Labute approximate surface area is 147 Å². The number of benzene rings is 2. The van der Waals surface area contributed by atoms with Crippen LogP contribution in [0.3, 0.4) is 0 Å². The number of amides is 2. The molecule has 1 aliphatic carbocycles. The molecule has 3 aromatic rings. The zero-order chi connectivity index (χ0) is 17.1. The largest absolute Gasteiger partial charge is 0.334 e. The third-order valence-electron chi connectivity index (χ3n) is 4.64. The molecule has 0 unspecified atom stereocenters. The van der Waals surface area contributed by atoms with Gasteiger partial charge in [0.25, 0.3) is 0 Å². The van der Waals surface area contributed by atoms with Gasteiger partial charge >= 0.3 is 6.03 Å².